The molecule has 0 aliphatic carbocycles. The van der Waals surface area contributed by atoms with Gasteiger partial charge in [0, 0.05) is 13.6 Å². The predicted octanol–water partition coefficient (Wildman–Crippen LogP) is 1.34. The molecule has 3 heteroatoms. The van der Waals surface area contributed by atoms with Gasteiger partial charge < -0.3 is 10.6 Å². The molecule has 17 heavy (non-hydrogen) atoms. The summed E-state index contributed by atoms with van der Waals surface area (Å²) in [4.78, 5) is 12.1. The van der Waals surface area contributed by atoms with Crippen molar-refractivity contribution in [3.8, 4) is 0 Å². The van der Waals surface area contributed by atoms with Gasteiger partial charge in [-0.15, -0.1) is 0 Å². The van der Waals surface area contributed by atoms with E-state index in [4.69, 9.17) is 0 Å². The third-order valence-electron chi connectivity index (χ3n) is 3.57. The summed E-state index contributed by atoms with van der Waals surface area (Å²) in [5.41, 5.74) is 0.966. The highest BCUT2D eigenvalue weighted by Crippen LogP contribution is 2.30. The van der Waals surface area contributed by atoms with Crippen molar-refractivity contribution >= 4 is 5.91 Å². The molecule has 1 heterocycles. The number of carbonyl (C=O) groups excluding carboxylic acids is 1. The summed E-state index contributed by atoms with van der Waals surface area (Å²) in [6.07, 6.45) is 2.86. The van der Waals surface area contributed by atoms with Gasteiger partial charge in [-0.2, -0.15) is 0 Å². The normalized spacial score (nSPS) is 24.3. The summed E-state index contributed by atoms with van der Waals surface area (Å²) in [6, 6.07) is 10.3. The molecule has 1 fully saturated rings. The molecule has 3 nitrogen and oxygen atoms in total. The van der Waals surface area contributed by atoms with Gasteiger partial charge in [-0.1, -0.05) is 30.3 Å². The highest BCUT2D eigenvalue weighted by molar-refractivity contribution is 5.83. The van der Waals surface area contributed by atoms with Crippen molar-refractivity contribution in [3.63, 3.8) is 0 Å². The van der Waals surface area contributed by atoms with Crippen LogP contribution in [0.1, 0.15) is 18.4 Å². The fourth-order valence-electron chi connectivity index (χ4n) is 2.64. The molecule has 1 aliphatic heterocycles. The average molecular weight is 232 g/mol. The van der Waals surface area contributed by atoms with E-state index >= 15 is 0 Å². The van der Waals surface area contributed by atoms with E-state index in [1.165, 1.54) is 5.56 Å². The molecule has 0 bridgehead atoms. The van der Waals surface area contributed by atoms with E-state index in [1.54, 1.807) is 7.05 Å². The zero-order chi connectivity index (χ0) is 12.1. The minimum Gasteiger partial charge on any atom is -0.359 e. The first-order chi connectivity index (χ1) is 8.27. The van der Waals surface area contributed by atoms with E-state index in [1.807, 2.05) is 18.2 Å². The molecule has 2 rings (SSSR count). The van der Waals surface area contributed by atoms with Gasteiger partial charge in [0.25, 0.3) is 0 Å². The third-order valence-corrected chi connectivity index (χ3v) is 3.57. The number of hydrogen-bond donors (Lipinski definition) is 2. The number of piperidine rings is 1. The topological polar surface area (TPSA) is 41.1 Å². The van der Waals surface area contributed by atoms with Crippen LogP contribution < -0.4 is 10.6 Å². The third kappa shape index (κ3) is 2.67. The minimum atomic E-state index is -0.269. The van der Waals surface area contributed by atoms with Crippen LogP contribution in [0.2, 0.25) is 0 Å². The number of nitrogens with one attached hydrogen (secondary N) is 2. The molecule has 92 valence electrons. The Bertz CT molecular complexity index is 369. The summed E-state index contributed by atoms with van der Waals surface area (Å²) < 4.78 is 0. The van der Waals surface area contributed by atoms with Crippen molar-refractivity contribution < 1.29 is 4.79 Å². The summed E-state index contributed by atoms with van der Waals surface area (Å²) >= 11 is 0. The van der Waals surface area contributed by atoms with Crippen LogP contribution in [0.15, 0.2) is 30.3 Å². The largest absolute Gasteiger partial charge is 0.359 e. The Morgan fingerprint density at radius 1 is 1.41 bits per heavy atom. The molecule has 0 unspecified atom stereocenters. The Morgan fingerprint density at radius 3 is 2.76 bits per heavy atom. The average Bonchev–Trinajstić information content (AvgIpc) is 2.40. The summed E-state index contributed by atoms with van der Waals surface area (Å²) in [5, 5.41) is 6.17. The maximum atomic E-state index is 12.1. The number of rotatable bonds is 3. The SMILES string of the molecule is CNC(=O)[C@]1(Cc2ccccc2)CCCNC1. The Kier molecular flexibility index (Phi) is 3.79. The van der Waals surface area contributed by atoms with E-state index in [-0.39, 0.29) is 11.3 Å². The first-order valence-electron chi connectivity index (χ1n) is 6.24. The van der Waals surface area contributed by atoms with Crippen molar-refractivity contribution in [2.45, 2.75) is 19.3 Å². The van der Waals surface area contributed by atoms with Gasteiger partial charge in [-0.3, -0.25) is 4.79 Å². The lowest BCUT2D eigenvalue weighted by atomic mass is 9.75. The quantitative estimate of drug-likeness (QED) is 0.826. The first kappa shape index (κ1) is 12.1. The fraction of sp³-hybridized carbons (Fsp3) is 0.500. The van der Waals surface area contributed by atoms with E-state index in [9.17, 15) is 4.79 Å². The van der Waals surface area contributed by atoms with E-state index in [0.717, 1.165) is 32.4 Å². The first-order valence-corrected chi connectivity index (χ1v) is 6.24. The Morgan fingerprint density at radius 2 is 2.18 bits per heavy atom. The van der Waals surface area contributed by atoms with E-state index in [0.29, 0.717) is 0 Å². The van der Waals surface area contributed by atoms with Crippen molar-refractivity contribution in [2.75, 3.05) is 20.1 Å². The Hall–Kier alpha value is -1.35. The summed E-state index contributed by atoms with van der Waals surface area (Å²) in [6.45, 7) is 1.80. The number of amides is 1. The Balaban J connectivity index is 2.19. The highest BCUT2D eigenvalue weighted by Gasteiger charge is 2.38. The van der Waals surface area contributed by atoms with Crippen molar-refractivity contribution in [3.05, 3.63) is 35.9 Å². The molecule has 0 radical (unpaired) electrons. The molecule has 0 spiro atoms. The molecule has 1 aromatic rings. The second kappa shape index (κ2) is 5.32. The van der Waals surface area contributed by atoms with Gasteiger partial charge in [0.1, 0.15) is 0 Å². The Labute approximate surface area is 103 Å². The van der Waals surface area contributed by atoms with Crippen LogP contribution in [0.5, 0.6) is 0 Å². The molecular formula is C14H20N2O. The molecule has 1 amide bonds. The smallest absolute Gasteiger partial charge is 0.227 e. The van der Waals surface area contributed by atoms with Gasteiger partial charge in [0.15, 0.2) is 0 Å². The lowest BCUT2D eigenvalue weighted by molar-refractivity contribution is -0.131. The molecule has 0 aromatic heterocycles. The number of benzene rings is 1. The van der Waals surface area contributed by atoms with Gasteiger partial charge in [-0.05, 0) is 31.4 Å². The lowest BCUT2D eigenvalue weighted by Gasteiger charge is -2.36. The second-order valence-electron chi connectivity index (χ2n) is 4.80. The maximum Gasteiger partial charge on any atom is 0.227 e. The van der Waals surface area contributed by atoms with Crippen LogP contribution in [0, 0.1) is 5.41 Å². The van der Waals surface area contributed by atoms with Gasteiger partial charge in [0.2, 0.25) is 5.91 Å². The van der Waals surface area contributed by atoms with Crippen LogP contribution in [0.3, 0.4) is 0 Å². The van der Waals surface area contributed by atoms with Gasteiger partial charge in [0.05, 0.1) is 5.41 Å². The predicted molar refractivity (Wildman–Crippen MR) is 68.7 cm³/mol. The van der Waals surface area contributed by atoms with Crippen LogP contribution in [-0.4, -0.2) is 26.0 Å². The maximum absolute atomic E-state index is 12.1. The molecule has 1 aliphatic rings. The van der Waals surface area contributed by atoms with Crippen molar-refractivity contribution in [2.24, 2.45) is 5.41 Å². The highest BCUT2D eigenvalue weighted by atomic mass is 16.2. The zero-order valence-corrected chi connectivity index (χ0v) is 10.3. The van der Waals surface area contributed by atoms with Crippen LogP contribution in [-0.2, 0) is 11.2 Å². The number of hydrogen-bond acceptors (Lipinski definition) is 2. The minimum absolute atomic E-state index is 0.161. The summed E-state index contributed by atoms with van der Waals surface area (Å²) in [7, 11) is 1.73. The summed E-state index contributed by atoms with van der Waals surface area (Å²) in [5.74, 6) is 0.161. The molecule has 1 aromatic carbocycles. The fourth-order valence-corrected chi connectivity index (χ4v) is 2.64. The molecule has 0 saturated carbocycles. The molecule has 2 N–H and O–H groups in total. The van der Waals surface area contributed by atoms with Crippen molar-refractivity contribution in [1.29, 1.82) is 0 Å². The monoisotopic (exact) mass is 232 g/mol. The van der Waals surface area contributed by atoms with E-state index in [2.05, 4.69) is 22.8 Å². The lowest BCUT2D eigenvalue weighted by Crippen LogP contribution is -2.51. The molecule has 1 atom stereocenters. The second-order valence-corrected chi connectivity index (χ2v) is 4.80. The number of carbonyl (C=O) groups is 1. The van der Waals surface area contributed by atoms with Gasteiger partial charge >= 0.3 is 0 Å². The van der Waals surface area contributed by atoms with Crippen LogP contribution in [0.25, 0.3) is 0 Å². The van der Waals surface area contributed by atoms with Crippen molar-refractivity contribution in [1.82, 2.24) is 10.6 Å². The molecular weight excluding hydrogens is 212 g/mol. The van der Waals surface area contributed by atoms with E-state index < -0.39 is 0 Å². The standard InChI is InChI=1S/C14H20N2O/c1-15-13(17)14(8-5-9-16-11-14)10-12-6-3-2-4-7-12/h2-4,6-7,16H,5,8-11H2,1H3,(H,15,17)/t14-/m0/s1. The van der Waals surface area contributed by atoms with Crippen LogP contribution >= 0.6 is 0 Å². The van der Waals surface area contributed by atoms with Gasteiger partial charge in [-0.25, -0.2) is 0 Å². The molecule has 1 saturated heterocycles. The van der Waals surface area contributed by atoms with Crippen LogP contribution in [0.4, 0.5) is 0 Å². The zero-order valence-electron chi connectivity index (χ0n) is 10.3.